The summed E-state index contributed by atoms with van der Waals surface area (Å²) in [5.74, 6) is 0.530. The Labute approximate surface area is 118 Å². The molecule has 5 nitrogen and oxygen atoms in total. The molecule has 0 spiro atoms. The summed E-state index contributed by atoms with van der Waals surface area (Å²) in [5, 5.41) is 9.01. The fourth-order valence-electron chi connectivity index (χ4n) is 2.71. The van der Waals surface area contributed by atoms with E-state index in [9.17, 15) is 0 Å². The Kier molecular flexibility index (Phi) is 3.33. The lowest BCUT2D eigenvalue weighted by Gasteiger charge is -2.20. The summed E-state index contributed by atoms with van der Waals surface area (Å²) in [5.41, 5.74) is 8.47. The average molecular weight is 269 g/mol. The third-order valence-electron chi connectivity index (χ3n) is 3.99. The summed E-state index contributed by atoms with van der Waals surface area (Å²) in [6.07, 6.45) is 2.62. The van der Waals surface area contributed by atoms with Crippen molar-refractivity contribution in [3.05, 3.63) is 23.8 Å². The molecular weight excluding hydrogens is 250 g/mol. The van der Waals surface area contributed by atoms with E-state index in [0.717, 1.165) is 36.7 Å². The predicted molar refractivity (Wildman–Crippen MR) is 79.1 cm³/mol. The molecule has 1 aliphatic carbocycles. The topological polar surface area (TPSA) is 70.9 Å². The second-order valence-electron chi connectivity index (χ2n) is 5.30. The number of anilines is 1. The number of likely N-dealkylation sites (N-methyl/N-ethyl adjacent to an activating group) is 1. The molecule has 3 rings (SSSR count). The molecule has 0 unspecified atom stereocenters. The Morgan fingerprint density at radius 2 is 2.30 bits per heavy atom. The molecule has 0 saturated heterocycles. The van der Waals surface area contributed by atoms with Gasteiger partial charge in [-0.05, 0) is 37.6 Å². The van der Waals surface area contributed by atoms with Crippen molar-refractivity contribution >= 4 is 17.0 Å². The van der Waals surface area contributed by atoms with Gasteiger partial charge in [0.15, 0.2) is 0 Å². The van der Waals surface area contributed by atoms with Crippen molar-refractivity contribution in [3.8, 4) is 6.07 Å². The summed E-state index contributed by atoms with van der Waals surface area (Å²) in [4.78, 5) is 6.85. The Hall–Kier alpha value is -2.06. The van der Waals surface area contributed by atoms with Crippen LogP contribution in [-0.4, -0.2) is 33.6 Å². The van der Waals surface area contributed by atoms with Crippen molar-refractivity contribution in [3.63, 3.8) is 0 Å². The van der Waals surface area contributed by atoms with E-state index in [0.29, 0.717) is 11.5 Å². The summed E-state index contributed by atoms with van der Waals surface area (Å²) in [6.45, 7) is 5.07. The van der Waals surface area contributed by atoms with E-state index in [-0.39, 0.29) is 0 Å². The smallest absolute Gasteiger partial charge is 0.201 e. The predicted octanol–water partition coefficient (Wildman–Crippen LogP) is 1.97. The molecule has 1 aromatic carbocycles. The van der Waals surface area contributed by atoms with Crippen LogP contribution in [0.2, 0.25) is 0 Å². The number of nitriles is 1. The van der Waals surface area contributed by atoms with Gasteiger partial charge in [0.05, 0.1) is 22.7 Å². The number of nitrogens with zero attached hydrogens (tertiary/aromatic N) is 4. The number of benzene rings is 1. The van der Waals surface area contributed by atoms with Gasteiger partial charge in [-0.25, -0.2) is 4.98 Å². The molecule has 2 aromatic rings. The zero-order valence-corrected chi connectivity index (χ0v) is 11.7. The Morgan fingerprint density at radius 1 is 1.50 bits per heavy atom. The number of nitrogen functional groups attached to an aromatic ring is 1. The van der Waals surface area contributed by atoms with Crippen LogP contribution in [0.4, 0.5) is 5.95 Å². The van der Waals surface area contributed by atoms with E-state index in [2.05, 4.69) is 22.9 Å². The van der Waals surface area contributed by atoms with E-state index in [1.807, 2.05) is 16.7 Å². The molecule has 0 aliphatic heterocycles. The van der Waals surface area contributed by atoms with Crippen molar-refractivity contribution in [1.82, 2.24) is 14.5 Å². The van der Waals surface area contributed by atoms with Crippen LogP contribution >= 0.6 is 0 Å². The van der Waals surface area contributed by atoms with E-state index in [1.54, 1.807) is 6.07 Å². The van der Waals surface area contributed by atoms with Crippen LogP contribution < -0.4 is 5.73 Å². The Balaban J connectivity index is 1.86. The van der Waals surface area contributed by atoms with Crippen LogP contribution in [0.3, 0.4) is 0 Å². The van der Waals surface area contributed by atoms with Gasteiger partial charge in [0.1, 0.15) is 0 Å². The molecule has 0 amide bonds. The fraction of sp³-hybridized carbons (Fsp3) is 0.467. The lowest BCUT2D eigenvalue weighted by Crippen LogP contribution is -2.29. The lowest BCUT2D eigenvalue weighted by atomic mass is 10.2. The summed E-state index contributed by atoms with van der Waals surface area (Å²) in [7, 11) is 0. The summed E-state index contributed by atoms with van der Waals surface area (Å²) in [6, 6.07) is 8.43. The van der Waals surface area contributed by atoms with Crippen LogP contribution in [0.1, 0.15) is 25.3 Å². The lowest BCUT2D eigenvalue weighted by molar-refractivity contribution is 0.268. The average Bonchev–Trinajstić information content (AvgIpc) is 3.24. The van der Waals surface area contributed by atoms with Gasteiger partial charge in [-0.3, -0.25) is 4.90 Å². The van der Waals surface area contributed by atoms with E-state index >= 15 is 0 Å². The molecule has 1 aromatic heterocycles. The maximum absolute atomic E-state index is 9.01. The van der Waals surface area contributed by atoms with Crippen LogP contribution in [0.15, 0.2) is 18.2 Å². The second-order valence-corrected chi connectivity index (χ2v) is 5.30. The fourth-order valence-corrected chi connectivity index (χ4v) is 2.71. The monoisotopic (exact) mass is 269 g/mol. The first-order valence-corrected chi connectivity index (χ1v) is 7.13. The molecule has 1 heterocycles. The molecule has 1 saturated carbocycles. The highest BCUT2D eigenvalue weighted by atomic mass is 15.2. The molecule has 1 fully saturated rings. The van der Waals surface area contributed by atoms with Crippen LogP contribution in [-0.2, 0) is 6.54 Å². The number of aromatic nitrogens is 2. The first-order valence-electron chi connectivity index (χ1n) is 7.13. The number of fused-ring (bicyclic) bond motifs is 1. The Bertz CT molecular complexity index is 663. The van der Waals surface area contributed by atoms with Gasteiger partial charge in [-0.2, -0.15) is 5.26 Å². The molecule has 0 radical (unpaired) electrons. The van der Waals surface area contributed by atoms with Gasteiger partial charge in [-0.1, -0.05) is 6.92 Å². The molecule has 0 atom stereocenters. The highest BCUT2D eigenvalue weighted by Gasteiger charge is 2.27. The molecule has 0 bridgehead atoms. The van der Waals surface area contributed by atoms with Crippen molar-refractivity contribution in [2.24, 2.45) is 0 Å². The van der Waals surface area contributed by atoms with Crippen molar-refractivity contribution in [2.45, 2.75) is 32.4 Å². The van der Waals surface area contributed by atoms with Gasteiger partial charge < -0.3 is 10.3 Å². The minimum atomic E-state index is 0.530. The number of nitrogens with two attached hydrogens (primary N) is 1. The molecular formula is C15H19N5. The zero-order valence-electron chi connectivity index (χ0n) is 11.7. The Morgan fingerprint density at radius 3 is 2.95 bits per heavy atom. The van der Waals surface area contributed by atoms with E-state index in [4.69, 9.17) is 11.0 Å². The largest absolute Gasteiger partial charge is 0.369 e. The number of hydrogen-bond acceptors (Lipinski definition) is 4. The van der Waals surface area contributed by atoms with Crippen molar-refractivity contribution < 1.29 is 0 Å². The van der Waals surface area contributed by atoms with Gasteiger partial charge in [-0.15, -0.1) is 0 Å². The molecule has 1 aliphatic rings. The zero-order chi connectivity index (χ0) is 14.1. The minimum absolute atomic E-state index is 0.530. The number of rotatable bonds is 5. The van der Waals surface area contributed by atoms with Crippen LogP contribution in [0.25, 0.3) is 11.0 Å². The minimum Gasteiger partial charge on any atom is -0.369 e. The second kappa shape index (κ2) is 5.14. The van der Waals surface area contributed by atoms with Crippen LogP contribution in [0.5, 0.6) is 0 Å². The van der Waals surface area contributed by atoms with E-state index < -0.39 is 0 Å². The van der Waals surface area contributed by atoms with Gasteiger partial charge in [0, 0.05) is 19.1 Å². The molecule has 104 valence electrons. The highest BCUT2D eigenvalue weighted by Crippen LogP contribution is 2.27. The normalized spacial score (nSPS) is 14.8. The third kappa shape index (κ3) is 2.35. The molecule has 5 heteroatoms. The standard InChI is InChI=1S/C15H19N5/c1-2-19(12-4-5-12)7-8-20-14-9-11(10-16)3-6-13(14)18-15(20)17/h3,6,9,12H,2,4-5,7-8H2,1H3,(H2,17,18). The molecule has 2 N–H and O–H groups in total. The summed E-state index contributed by atoms with van der Waals surface area (Å²) >= 11 is 0. The SMILES string of the molecule is CCN(CCn1c(N)nc2ccc(C#N)cc21)C1CC1. The maximum Gasteiger partial charge on any atom is 0.201 e. The number of imidazole rings is 1. The van der Waals surface area contributed by atoms with E-state index in [1.165, 1.54) is 12.8 Å². The summed E-state index contributed by atoms with van der Waals surface area (Å²) < 4.78 is 2.02. The quantitative estimate of drug-likeness (QED) is 0.901. The maximum atomic E-state index is 9.01. The molecule has 20 heavy (non-hydrogen) atoms. The third-order valence-corrected chi connectivity index (χ3v) is 3.99. The van der Waals surface area contributed by atoms with Gasteiger partial charge in [0.2, 0.25) is 5.95 Å². The van der Waals surface area contributed by atoms with Gasteiger partial charge in [0.25, 0.3) is 0 Å². The first kappa shape index (κ1) is 12.9. The highest BCUT2D eigenvalue weighted by molar-refractivity contribution is 5.79. The van der Waals surface area contributed by atoms with Crippen LogP contribution in [0, 0.1) is 11.3 Å². The number of hydrogen-bond donors (Lipinski definition) is 1. The van der Waals surface area contributed by atoms with Gasteiger partial charge >= 0.3 is 0 Å². The van der Waals surface area contributed by atoms with Crippen molar-refractivity contribution in [1.29, 1.82) is 5.26 Å². The van der Waals surface area contributed by atoms with Crippen molar-refractivity contribution in [2.75, 3.05) is 18.8 Å². The first-order chi connectivity index (χ1) is 9.72.